The molecule has 0 bridgehead atoms. The Labute approximate surface area is 332 Å². The molecule has 0 radical (unpaired) electrons. The van der Waals surface area contributed by atoms with Crippen molar-refractivity contribution in [1.82, 2.24) is 25.4 Å². The van der Waals surface area contributed by atoms with E-state index in [0.29, 0.717) is 42.4 Å². The van der Waals surface area contributed by atoms with Crippen molar-refractivity contribution in [1.29, 1.82) is 0 Å². The van der Waals surface area contributed by atoms with E-state index in [9.17, 15) is 33.6 Å². The largest absolute Gasteiger partial charge is 0.370 e. The van der Waals surface area contributed by atoms with Gasteiger partial charge in [0, 0.05) is 54.7 Å². The van der Waals surface area contributed by atoms with Gasteiger partial charge in [0.05, 0.1) is 12.1 Å². The van der Waals surface area contributed by atoms with Gasteiger partial charge in [-0.05, 0) is 99.6 Å². The minimum absolute atomic E-state index is 0.00346. The van der Waals surface area contributed by atoms with Gasteiger partial charge in [0.25, 0.3) is 5.91 Å². The summed E-state index contributed by atoms with van der Waals surface area (Å²) in [5, 5.41) is 6.52. The van der Waals surface area contributed by atoms with Gasteiger partial charge in [0.2, 0.25) is 23.6 Å². The minimum atomic E-state index is -1.07. The topological polar surface area (TPSA) is 192 Å². The van der Waals surface area contributed by atoms with Gasteiger partial charge in [-0.1, -0.05) is 43.5 Å². The predicted octanol–water partition coefficient (Wildman–Crippen LogP) is 4.68. The van der Waals surface area contributed by atoms with Crippen molar-refractivity contribution in [2.75, 3.05) is 13.1 Å². The SMILES string of the molecule is CC(=O)c1ccc2[nH]c(C(=O)N[C@H]3Cc4ccccc4[C@H]4CC[C@@H](C(=O)N[C@@H](CCC(N)=O)C(=O)C[C@H](C(=O)N5CCCCC5)C5CCCCC5)N4C3=O)cc2c1. The smallest absolute Gasteiger partial charge is 0.268 e. The highest BCUT2D eigenvalue weighted by Gasteiger charge is 2.47. The summed E-state index contributed by atoms with van der Waals surface area (Å²) in [6, 6.07) is 11.0. The first-order valence-corrected chi connectivity index (χ1v) is 20.7. The first-order chi connectivity index (χ1) is 27.5. The van der Waals surface area contributed by atoms with Crippen LogP contribution in [0.3, 0.4) is 0 Å². The molecule has 5 amide bonds. The number of ketones is 2. The maximum atomic E-state index is 14.6. The lowest BCUT2D eigenvalue weighted by Crippen LogP contribution is -2.55. The van der Waals surface area contributed by atoms with Gasteiger partial charge in [0.15, 0.2) is 11.6 Å². The molecule has 1 saturated carbocycles. The van der Waals surface area contributed by atoms with Gasteiger partial charge in [-0.25, -0.2) is 0 Å². The number of fused-ring (bicyclic) bond motifs is 4. The summed E-state index contributed by atoms with van der Waals surface area (Å²) in [7, 11) is 0. The van der Waals surface area contributed by atoms with Crippen LogP contribution in [0, 0.1) is 11.8 Å². The van der Waals surface area contributed by atoms with Crippen LogP contribution in [-0.4, -0.2) is 87.1 Å². The molecule has 3 aliphatic heterocycles. The lowest BCUT2D eigenvalue weighted by molar-refractivity contribution is -0.143. The van der Waals surface area contributed by atoms with Gasteiger partial charge in [-0.3, -0.25) is 33.6 Å². The van der Waals surface area contributed by atoms with E-state index in [1.807, 2.05) is 29.2 Å². The summed E-state index contributed by atoms with van der Waals surface area (Å²) < 4.78 is 0. The summed E-state index contributed by atoms with van der Waals surface area (Å²) >= 11 is 0. The van der Waals surface area contributed by atoms with Crippen LogP contribution in [0.25, 0.3) is 10.9 Å². The molecule has 2 saturated heterocycles. The molecule has 5 atom stereocenters. The molecule has 13 nitrogen and oxygen atoms in total. The van der Waals surface area contributed by atoms with Crippen molar-refractivity contribution in [2.24, 2.45) is 17.6 Å². The fourth-order valence-electron chi connectivity index (χ4n) is 9.60. The number of rotatable bonds is 13. The minimum Gasteiger partial charge on any atom is -0.370 e. The van der Waals surface area contributed by atoms with E-state index in [2.05, 4.69) is 15.6 Å². The first-order valence-electron chi connectivity index (χ1n) is 20.7. The van der Waals surface area contributed by atoms with Gasteiger partial charge in [-0.2, -0.15) is 0 Å². The average molecular weight is 779 g/mol. The number of Topliss-reactive ketones (excluding diaryl/α,β-unsaturated/α-hetero) is 2. The number of piperidine rings is 1. The van der Waals surface area contributed by atoms with Crippen molar-refractivity contribution in [3.63, 3.8) is 0 Å². The van der Waals surface area contributed by atoms with Crippen molar-refractivity contribution in [2.45, 2.75) is 121 Å². The molecular weight excluding hydrogens is 725 g/mol. The molecule has 302 valence electrons. The molecule has 1 aliphatic carbocycles. The molecule has 2 aromatic carbocycles. The van der Waals surface area contributed by atoms with Crippen molar-refractivity contribution in [3.8, 4) is 0 Å². The Kier molecular flexibility index (Phi) is 12.2. The molecule has 13 heteroatoms. The summed E-state index contributed by atoms with van der Waals surface area (Å²) in [5.41, 5.74) is 8.73. The summed E-state index contributed by atoms with van der Waals surface area (Å²) in [4.78, 5) is 101. The number of nitrogens with zero attached hydrogens (tertiary/aromatic N) is 2. The molecule has 7 rings (SSSR count). The Bertz CT molecular complexity index is 2050. The number of aromatic amines is 1. The van der Waals surface area contributed by atoms with E-state index in [1.165, 1.54) is 6.92 Å². The van der Waals surface area contributed by atoms with Crippen molar-refractivity contribution < 1.29 is 33.6 Å². The molecule has 4 aliphatic rings. The molecule has 3 fully saturated rings. The third-order valence-corrected chi connectivity index (χ3v) is 12.7. The number of aromatic nitrogens is 1. The lowest BCUT2D eigenvalue weighted by atomic mass is 9.76. The zero-order valence-corrected chi connectivity index (χ0v) is 32.7. The standard InChI is InChI=1S/C44H54N6O7/c1-26(51)28-14-15-33-30(22-28)24-35(46-33)41(54)48-36-23-29-12-6-7-13-31(29)37-17-18-38(50(37)44(36)57)42(55)47-34(16-19-40(45)53)39(52)25-32(27-10-4-2-5-11-27)43(56)49-20-8-3-9-21-49/h6-7,12-15,22,24,27,32,34,36-38,46H,2-5,8-11,16-21,23,25H2,1H3,(H2,45,53)(H,47,55)(H,48,54)/t32-,34-,36-,37+,38-/m0/s1. The number of carbonyl (C=O) groups excluding carboxylic acids is 7. The monoisotopic (exact) mass is 778 g/mol. The number of primary amides is 1. The quantitative estimate of drug-likeness (QED) is 0.181. The van der Waals surface area contributed by atoms with E-state index in [4.69, 9.17) is 5.73 Å². The van der Waals surface area contributed by atoms with Crippen LogP contribution in [-0.2, 0) is 30.4 Å². The maximum Gasteiger partial charge on any atom is 0.268 e. The van der Waals surface area contributed by atoms with Gasteiger partial charge >= 0.3 is 0 Å². The Hall–Kier alpha value is -5.33. The van der Waals surface area contributed by atoms with Crippen LogP contribution in [0.1, 0.15) is 128 Å². The average Bonchev–Trinajstić information content (AvgIpc) is 3.84. The second kappa shape index (κ2) is 17.4. The zero-order valence-electron chi connectivity index (χ0n) is 32.7. The molecule has 0 spiro atoms. The third kappa shape index (κ3) is 8.82. The molecule has 5 N–H and O–H groups in total. The Balaban J connectivity index is 1.11. The second-order valence-electron chi connectivity index (χ2n) is 16.5. The fourth-order valence-corrected chi connectivity index (χ4v) is 9.60. The number of nitrogens with two attached hydrogens (primary N) is 1. The summed E-state index contributed by atoms with van der Waals surface area (Å²) in [5.74, 6) is -2.88. The van der Waals surface area contributed by atoms with E-state index < -0.39 is 53.7 Å². The normalized spacial score (nSPS) is 22.2. The van der Waals surface area contributed by atoms with Gasteiger partial charge in [-0.15, -0.1) is 0 Å². The van der Waals surface area contributed by atoms with Gasteiger partial charge in [0.1, 0.15) is 17.8 Å². The lowest BCUT2D eigenvalue weighted by Gasteiger charge is -2.36. The molecule has 0 unspecified atom stereocenters. The maximum absolute atomic E-state index is 14.6. The van der Waals surface area contributed by atoms with E-state index in [0.717, 1.165) is 62.5 Å². The number of hydrogen-bond acceptors (Lipinski definition) is 7. The van der Waals surface area contributed by atoms with Crippen LogP contribution in [0.2, 0.25) is 0 Å². The Morgan fingerprint density at radius 2 is 1.63 bits per heavy atom. The molecule has 4 heterocycles. The third-order valence-electron chi connectivity index (χ3n) is 12.7. The number of benzene rings is 2. The van der Waals surface area contributed by atoms with Crippen LogP contribution < -0.4 is 16.4 Å². The summed E-state index contributed by atoms with van der Waals surface area (Å²) in [6.45, 7) is 2.83. The zero-order chi connectivity index (χ0) is 40.2. The van der Waals surface area contributed by atoms with E-state index in [-0.39, 0.29) is 54.8 Å². The number of nitrogens with one attached hydrogen (secondary N) is 3. The number of amides is 5. The highest BCUT2D eigenvalue weighted by Crippen LogP contribution is 2.41. The fraction of sp³-hybridized carbons (Fsp3) is 0.523. The van der Waals surface area contributed by atoms with Crippen LogP contribution in [0.15, 0.2) is 48.5 Å². The van der Waals surface area contributed by atoms with Crippen LogP contribution in [0.5, 0.6) is 0 Å². The highest BCUT2D eigenvalue weighted by atomic mass is 16.2. The first kappa shape index (κ1) is 39.9. The number of likely N-dealkylation sites (tertiary alicyclic amines) is 1. The Morgan fingerprint density at radius 1 is 0.895 bits per heavy atom. The molecular formula is C44H54N6O7. The number of hydrogen-bond donors (Lipinski definition) is 4. The van der Waals surface area contributed by atoms with Crippen molar-refractivity contribution in [3.05, 3.63) is 70.9 Å². The molecule has 57 heavy (non-hydrogen) atoms. The van der Waals surface area contributed by atoms with Crippen LogP contribution in [0.4, 0.5) is 0 Å². The van der Waals surface area contributed by atoms with E-state index in [1.54, 1.807) is 29.2 Å². The molecule has 1 aromatic heterocycles. The number of carbonyl (C=O) groups is 7. The van der Waals surface area contributed by atoms with E-state index >= 15 is 0 Å². The van der Waals surface area contributed by atoms with Crippen molar-refractivity contribution >= 4 is 52.0 Å². The summed E-state index contributed by atoms with van der Waals surface area (Å²) in [6.07, 6.45) is 8.66. The Morgan fingerprint density at radius 3 is 2.37 bits per heavy atom. The van der Waals surface area contributed by atoms with Gasteiger partial charge < -0.3 is 31.2 Å². The highest BCUT2D eigenvalue weighted by molar-refractivity contribution is 6.03. The van der Waals surface area contributed by atoms with Crippen LogP contribution >= 0.6 is 0 Å². The predicted molar refractivity (Wildman–Crippen MR) is 213 cm³/mol. The molecule has 3 aromatic rings. The second-order valence-corrected chi connectivity index (χ2v) is 16.5. The number of H-pyrrole nitrogens is 1.